The Morgan fingerprint density at radius 1 is 1.62 bits per heavy atom. The summed E-state index contributed by atoms with van der Waals surface area (Å²) in [6.07, 6.45) is 0.540. The van der Waals surface area contributed by atoms with E-state index in [1.165, 1.54) is 0 Å². The largest absolute Gasteiger partial charge is 0.481 e. The van der Waals surface area contributed by atoms with Crippen LogP contribution in [0.15, 0.2) is 24.3 Å². The van der Waals surface area contributed by atoms with Crippen LogP contribution in [0.5, 0.6) is 0 Å². The molecular formula is C12H13ClO3. The summed E-state index contributed by atoms with van der Waals surface area (Å²) >= 11 is 5.91. The van der Waals surface area contributed by atoms with Gasteiger partial charge in [0.25, 0.3) is 0 Å². The predicted octanol–water partition coefficient (Wildman–Crippen LogP) is 2.68. The summed E-state index contributed by atoms with van der Waals surface area (Å²) in [5, 5.41) is 9.76. The number of hydrogen-bond acceptors (Lipinski definition) is 2. The maximum atomic E-state index is 11.2. The zero-order valence-corrected chi connectivity index (χ0v) is 9.70. The van der Waals surface area contributed by atoms with Gasteiger partial charge in [0.2, 0.25) is 0 Å². The molecule has 0 aromatic heterocycles. The standard InChI is InChI=1S/C12H13ClO3/c1-12(8-3-2-4-9(13)7-8)10(11(14)15)5-6-16-12/h2-4,7,10H,5-6H2,1H3,(H,14,15). The van der Waals surface area contributed by atoms with E-state index in [2.05, 4.69) is 0 Å². The number of ether oxygens (including phenoxy) is 1. The molecule has 0 saturated carbocycles. The molecule has 0 spiro atoms. The van der Waals surface area contributed by atoms with Gasteiger partial charge in [0, 0.05) is 11.6 Å². The van der Waals surface area contributed by atoms with Crippen molar-refractivity contribution in [2.24, 2.45) is 5.92 Å². The lowest BCUT2D eigenvalue weighted by Gasteiger charge is -2.28. The molecule has 4 heteroatoms. The summed E-state index contributed by atoms with van der Waals surface area (Å²) in [6, 6.07) is 7.19. The highest BCUT2D eigenvalue weighted by molar-refractivity contribution is 6.30. The molecule has 2 unspecified atom stereocenters. The fraction of sp³-hybridized carbons (Fsp3) is 0.417. The Labute approximate surface area is 99.0 Å². The smallest absolute Gasteiger partial charge is 0.309 e. The normalized spacial score (nSPS) is 29.2. The number of hydrogen-bond donors (Lipinski definition) is 1. The van der Waals surface area contributed by atoms with Crippen molar-refractivity contribution in [3.05, 3.63) is 34.9 Å². The minimum absolute atomic E-state index is 0.472. The molecule has 2 atom stereocenters. The highest BCUT2D eigenvalue weighted by Crippen LogP contribution is 2.41. The van der Waals surface area contributed by atoms with Gasteiger partial charge in [-0.15, -0.1) is 0 Å². The van der Waals surface area contributed by atoms with Gasteiger partial charge in [-0.1, -0.05) is 23.7 Å². The number of rotatable bonds is 2. The maximum Gasteiger partial charge on any atom is 0.309 e. The van der Waals surface area contributed by atoms with Gasteiger partial charge >= 0.3 is 5.97 Å². The Bertz CT molecular complexity index is 418. The summed E-state index contributed by atoms with van der Waals surface area (Å²) < 4.78 is 5.62. The molecule has 1 fully saturated rings. The van der Waals surface area contributed by atoms with Gasteiger partial charge < -0.3 is 9.84 Å². The second-order valence-electron chi connectivity index (χ2n) is 4.15. The summed E-state index contributed by atoms with van der Waals surface area (Å²) in [5.74, 6) is -1.33. The van der Waals surface area contributed by atoms with Crippen LogP contribution < -0.4 is 0 Å². The lowest BCUT2D eigenvalue weighted by atomic mass is 9.83. The van der Waals surface area contributed by atoms with Crippen molar-refractivity contribution in [2.75, 3.05) is 6.61 Å². The highest BCUT2D eigenvalue weighted by Gasteiger charge is 2.46. The molecule has 1 aromatic rings. The lowest BCUT2D eigenvalue weighted by molar-refractivity contribution is -0.148. The molecule has 0 amide bonds. The van der Waals surface area contributed by atoms with Crippen LogP contribution in [0.4, 0.5) is 0 Å². The van der Waals surface area contributed by atoms with E-state index in [1.807, 2.05) is 19.1 Å². The number of carboxylic acid groups (broad SMARTS) is 1. The first-order valence-electron chi connectivity index (χ1n) is 5.17. The molecule has 2 rings (SSSR count). The molecule has 1 aliphatic heterocycles. The third-order valence-corrected chi connectivity index (χ3v) is 3.40. The minimum Gasteiger partial charge on any atom is -0.481 e. The van der Waals surface area contributed by atoms with Crippen LogP contribution in [0.25, 0.3) is 0 Å². The van der Waals surface area contributed by atoms with Crippen LogP contribution in [0, 0.1) is 5.92 Å². The van der Waals surface area contributed by atoms with Crippen LogP contribution in [-0.2, 0) is 15.1 Å². The van der Waals surface area contributed by atoms with E-state index in [9.17, 15) is 4.79 Å². The third kappa shape index (κ3) is 1.81. The number of halogens is 1. The second kappa shape index (κ2) is 4.07. The van der Waals surface area contributed by atoms with E-state index < -0.39 is 17.5 Å². The maximum absolute atomic E-state index is 11.2. The molecule has 0 bridgehead atoms. The van der Waals surface area contributed by atoms with Crippen molar-refractivity contribution in [3.8, 4) is 0 Å². The van der Waals surface area contributed by atoms with Gasteiger partial charge in [0.15, 0.2) is 0 Å². The van der Waals surface area contributed by atoms with Crippen LogP contribution >= 0.6 is 11.6 Å². The molecule has 1 saturated heterocycles. The number of carbonyl (C=O) groups is 1. The Morgan fingerprint density at radius 2 is 2.38 bits per heavy atom. The van der Waals surface area contributed by atoms with Crippen molar-refractivity contribution >= 4 is 17.6 Å². The fourth-order valence-corrected chi connectivity index (χ4v) is 2.40. The zero-order valence-electron chi connectivity index (χ0n) is 8.94. The van der Waals surface area contributed by atoms with Crippen molar-refractivity contribution in [1.82, 2.24) is 0 Å². The molecule has 16 heavy (non-hydrogen) atoms. The number of benzene rings is 1. The van der Waals surface area contributed by atoms with E-state index in [-0.39, 0.29) is 0 Å². The van der Waals surface area contributed by atoms with Crippen molar-refractivity contribution in [2.45, 2.75) is 18.9 Å². The number of carboxylic acids is 1. The first kappa shape index (κ1) is 11.4. The van der Waals surface area contributed by atoms with Crippen LogP contribution in [0.1, 0.15) is 18.9 Å². The second-order valence-corrected chi connectivity index (χ2v) is 4.58. The quantitative estimate of drug-likeness (QED) is 0.865. The van der Waals surface area contributed by atoms with E-state index in [0.29, 0.717) is 18.1 Å². The average molecular weight is 241 g/mol. The third-order valence-electron chi connectivity index (χ3n) is 3.17. The van der Waals surface area contributed by atoms with Gasteiger partial charge in [-0.2, -0.15) is 0 Å². The molecule has 1 N–H and O–H groups in total. The van der Waals surface area contributed by atoms with E-state index in [1.54, 1.807) is 12.1 Å². The van der Waals surface area contributed by atoms with Gasteiger partial charge in [-0.25, -0.2) is 0 Å². The lowest BCUT2D eigenvalue weighted by Crippen LogP contribution is -2.33. The zero-order chi connectivity index (χ0) is 11.8. The van der Waals surface area contributed by atoms with E-state index >= 15 is 0 Å². The summed E-state index contributed by atoms with van der Waals surface area (Å²) in [6.45, 7) is 2.28. The SMILES string of the molecule is CC1(c2cccc(Cl)c2)OCCC1C(=O)O. The summed E-state index contributed by atoms with van der Waals surface area (Å²) in [7, 11) is 0. The molecular weight excluding hydrogens is 228 g/mol. The van der Waals surface area contributed by atoms with Gasteiger partial charge in [0.05, 0.1) is 5.92 Å². The Kier molecular flexibility index (Phi) is 2.91. The first-order chi connectivity index (χ1) is 7.54. The van der Waals surface area contributed by atoms with Crippen LogP contribution in [0.3, 0.4) is 0 Å². The van der Waals surface area contributed by atoms with Crippen molar-refractivity contribution in [3.63, 3.8) is 0 Å². The molecule has 3 nitrogen and oxygen atoms in total. The number of aliphatic carboxylic acids is 1. The Morgan fingerprint density at radius 3 is 3.00 bits per heavy atom. The van der Waals surface area contributed by atoms with Crippen LogP contribution in [0.2, 0.25) is 5.02 Å². The Balaban J connectivity index is 2.41. The Hall–Kier alpha value is -1.06. The van der Waals surface area contributed by atoms with Gasteiger partial charge in [-0.05, 0) is 31.0 Å². The molecule has 1 aliphatic rings. The summed E-state index contributed by atoms with van der Waals surface area (Å²) in [5.41, 5.74) is 0.0569. The fourth-order valence-electron chi connectivity index (χ4n) is 2.21. The van der Waals surface area contributed by atoms with Gasteiger partial charge in [-0.3, -0.25) is 4.79 Å². The van der Waals surface area contributed by atoms with Crippen molar-refractivity contribution in [1.29, 1.82) is 0 Å². The highest BCUT2D eigenvalue weighted by atomic mass is 35.5. The van der Waals surface area contributed by atoms with E-state index in [4.69, 9.17) is 21.4 Å². The predicted molar refractivity (Wildman–Crippen MR) is 60.5 cm³/mol. The minimum atomic E-state index is -0.819. The molecule has 86 valence electrons. The average Bonchev–Trinajstić information content (AvgIpc) is 2.62. The van der Waals surface area contributed by atoms with E-state index in [0.717, 1.165) is 5.56 Å². The molecule has 0 radical (unpaired) electrons. The monoisotopic (exact) mass is 240 g/mol. The molecule has 0 aliphatic carbocycles. The molecule has 1 aromatic carbocycles. The molecule has 1 heterocycles. The summed E-state index contributed by atoms with van der Waals surface area (Å²) in [4.78, 5) is 11.2. The topological polar surface area (TPSA) is 46.5 Å². The van der Waals surface area contributed by atoms with Crippen LogP contribution in [-0.4, -0.2) is 17.7 Å². The first-order valence-corrected chi connectivity index (χ1v) is 5.54. The van der Waals surface area contributed by atoms with Crippen molar-refractivity contribution < 1.29 is 14.6 Å². The van der Waals surface area contributed by atoms with Gasteiger partial charge in [0.1, 0.15) is 5.60 Å².